The standard InChI is InChI=1S/C12H17FN2O4S/c1-2-19-12(16)4-3-7-15-20(17,18)11-6-5-9(13)8-10(11)14/h5-6,8,15H,2-4,7,14H2,1H3. The molecule has 0 bridgehead atoms. The Morgan fingerprint density at radius 1 is 1.45 bits per heavy atom. The number of esters is 1. The minimum absolute atomic E-state index is 0.0674. The number of halogens is 1. The monoisotopic (exact) mass is 304 g/mol. The number of nitrogens with two attached hydrogens (primary N) is 1. The average Bonchev–Trinajstić information content (AvgIpc) is 2.34. The summed E-state index contributed by atoms with van der Waals surface area (Å²) < 4.78 is 43.7. The highest BCUT2D eigenvalue weighted by atomic mass is 32.2. The van der Waals surface area contributed by atoms with Crippen molar-refractivity contribution >= 4 is 21.7 Å². The maximum Gasteiger partial charge on any atom is 0.305 e. The molecule has 1 rings (SSSR count). The van der Waals surface area contributed by atoms with Crippen molar-refractivity contribution in [2.75, 3.05) is 18.9 Å². The summed E-state index contributed by atoms with van der Waals surface area (Å²) in [6, 6.07) is 3.05. The highest BCUT2D eigenvalue weighted by molar-refractivity contribution is 7.89. The summed E-state index contributed by atoms with van der Waals surface area (Å²) in [6.45, 7) is 2.05. The lowest BCUT2D eigenvalue weighted by atomic mass is 10.3. The Morgan fingerprint density at radius 2 is 2.15 bits per heavy atom. The zero-order valence-electron chi connectivity index (χ0n) is 11.1. The molecule has 0 aliphatic carbocycles. The van der Waals surface area contributed by atoms with Crippen LogP contribution in [0.2, 0.25) is 0 Å². The number of nitrogen functional groups attached to an aromatic ring is 1. The summed E-state index contributed by atoms with van der Waals surface area (Å²) in [4.78, 5) is 10.9. The van der Waals surface area contributed by atoms with Crippen molar-refractivity contribution < 1.29 is 22.3 Å². The predicted octanol–water partition coefficient (Wildman–Crippen LogP) is 1.03. The van der Waals surface area contributed by atoms with Crippen molar-refractivity contribution in [3.63, 3.8) is 0 Å². The number of ether oxygens (including phenoxy) is 1. The minimum Gasteiger partial charge on any atom is -0.466 e. The zero-order chi connectivity index (χ0) is 15.2. The first kappa shape index (κ1) is 16.4. The van der Waals surface area contributed by atoms with Crippen LogP contribution < -0.4 is 10.5 Å². The fourth-order valence-electron chi connectivity index (χ4n) is 1.51. The Hall–Kier alpha value is -1.67. The first-order chi connectivity index (χ1) is 9.36. The van der Waals surface area contributed by atoms with Gasteiger partial charge in [0.1, 0.15) is 10.7 Å². The van der Waals surface area contributed by atoms with Gasteiger partial charge in [0.2, 0.25) is 10.0 Å². The summed E-state index contributed by atoms with van der Waals surface area (Å²) in [6.07, 6.45) is 0.425. The molecule has 1 aromatic carbocycles. The van der Waals surface area contributed by atoms with E-state index < -0.39 is 15.8 Å². The molecule has 0 aliphatic rings. The molecule has 20 heavy (non-hydrogen) atoms. The van der Waals surface area contributed by atoms with Gasteiger partial charge in [-0.3, -0.25) is 4.79 Å². The molecule has 0 amide bonds. The van der Waals surface area contributed by atoms with Crippen molar-refractivity contribution in [3.8, 4) is 0 Å². The third-order valence-corrected chi connectivity index (χ3v) is 3.95. The SMILES string of the molecule is CCOC(=O)CCCNS(=O)(=O)c1ccc(F)cc1N. The first-order valence-electron chi connectivity index (χ1n) is 6.07. The Labute approximate surface area is 117 Å². The lowest BCUT2D eigenvalue weighted by Gasteiger charge is -2.09. The van der Waals surface area contributed by atoms with Crippen LogP contribution in [0.1, 0.15) is 19.8 Å². The Kier molecular flexibility index (Phi) is 5.90. The van der Waals surface area contributed by atoms with Crippen molar-refractivity contribution in [1.82, 2.24) is 4.72 Å². The second-order valence-electron chi connectivity index (χ2n) is 3.99. The molecule has 0 fully saturated rings. The van der Waals surface area contributed by atoms with Crippen LogP contribution in [0.5, 0.6) is 0 Å². The molecule has 0 radical (unpaired) electrons. The van der Waals surface area contributed by atoms with E-state index in [-0.39, 0.29) is 36.1 Å². The van der Waals surface area contributed by atoms with Gasteiger partial charge in [-0.1, -0.05) is 0 Å². The lowest BCUT2D eigenvalue weighted by molar-refractivity contribution is -0.143. The third-order valence-electron chi connectivity index (χ3n) is 2.42. The van der Waals surface area contributed by atoms with Crippen molar-refractivity contribution in [3.05, 3.63) is 24.0 Å². The number of hydrogen-bond acceptors (Lipinski definition) is 5. The molecule has 3 N–H and O–H groups in total. The molecule has 0 saturated carbocycles. The largest absolute Gasteiger partial charge is 0.466 e. The maximum absolute atomic E-state index is 12.9. The molecule has 1 aromatic rings. The van der Waals surface area contributed by atoms with Gasteiger partial charge in [0.05, 0.1) is 12.3 Å². The molecule has 0 atom stereocenters. The number of carbonyl (C=O) groups excluding carboxylic acids is 1. The molecule has 8 heteroatoms. The normalized spacial score (nSPS) is 11.3. The molecule has 0 saturated heterocycles. The van der Waals surface area contributed by atoms with E-state index in [1.165, 1.54) is 0 Å². The van der Waals surface area contributed by atoms with Gasteiger partial charge in [-0.15, -0.1) is 0 Å². The van der Waals surface area contributed by atoms with Crippen molar-refractivity contribution in [2.45, 2.75) is 24.7 Å². The van der Waals surface area contributed by atoms with E-state index in [4.69, 9.17) is 10.5 Å². The fourth-order valence-corrected chi connectivity index (χ4v) is 2.70. The minimum atomic E-state index is -3.81. The summed E-state index contributed by atoms with van der Waals surface area (Å²) in [5.74, 6) is -0.989. The van der Waals surface area contributed by atoms with Gasteiger partial charge in [0, 0.05) is 13.0 Å². The van der Waals surface area contributed by atoms with E-state index in [2.05, 4.69) is 4.72 Å². The molecule has 0 heterocycles. The summed E-state index contributed by atoms with van der Waals surface area (Å²) in [5.41, 5.74) is 5.30. The topological polar surface area (TPSA) is 98.5 Å². The molecule has 0 spiro atoms. The van der Waals surface area contributed by atoms with E-state index in [0.717, 1.165) is 18.2 Å². The maximum atomic E-state index is 12.9. The van der Waals surface area contributed by atoms with E-state index in [1.807, 2.05) is 0 Å². The molecular weight excluding hydrogens is 287 g/mol. The van der Waals surface area contributed by atoms with Crippen LogP contribution in [0.4, 0.5) is 10.1 Å². The van der Waals surface area contributed by atoms with Gasteiger partial charge in [-0.25, -0.2) is 17.5 Å². The van der Waals surface area contributed by atoms with Gasteiger partial charge in [-0.2, -0.15) is 0 Å². The number of benzene rings is 1. The molecule has 6 nitrogen and oxygen atoms in total. The average molecular weight is 304 g/mol. The van der Waals surface area contributed by atoms with Crippen LogP contribution in [-0.2, 0) is 19.6 Å². The highest BCUT2D eigenvalue weighted by Crippen LogP contribution is 2.18. The van der Waals surface area contributed by atoms with Crippen LogP contribution >= 0.6 is 0 Å². The molecule has 0 unspecified atom stereocenters. The van der Waals surface area contributed by atoms with Gasteiger partial charge in [0.15, 0.2) is 0 Å². The molecule has 0 aliphatic heterocycles. The summed E-state index contributed by atoms with van der Waals surface area (Å²) in [5, 5.41) is 0. The Bertz CT molecular complexity index is 575. The lowest BCUT2D eigenvalue weighted by Crippen LogP contribution is -2.26. The quantitative estimate of drug-likeness (QED) is 0.445. The predicted molar refractivity (Wildman–Crippen MR) is 71.9 cm³/mol. The van der Waals surface area contributed by atoms with Crippen molar-refractivity contribution in [1.29, 1.82) is 0 Å². The second-order valence-corrected chi connectivity index (χ2v) is 5.72. The Balaban J connectivity index is 2.56. The van der Waals surface area contributed by atoms with E-state index in [0.29, 0.717) is 6.42 Å². The number of rotatable bonds is 7. The second kappa shape index (κ2) is 7.20. The van der Waals surface area contributed by atoms with E-state index >= 15 is 0 Å². The van der Waals surface area contributed by atoms with Gasteiger partial charge >= 0.3 is 5.97 Å². The Morgan fingerprint density at radius 3 is 2.75 bits per heavy atom. The van der Waals surface area contributed by atoms with Crippen LogP contribution in [0.3, 0.4) is 0 Å². The summed E-state index contributed by atoms with van der Waals surface area (Å²) in [7, 11) is -3.81. The van der Waals surface area contributed by atoms with Crippen LogP contribution in [0.15, 0.2) is 23.1 Å². The number of carbonyl (C=O) groups is 1. The number of sulfonamides is 1. The fraction of sp³-hybridized carbons (Fsp3) is 0.417. The van der Waals surface area contributed by atoms with E-state index in [9.17, 15) is 17.6 Å². The van der Waals surface area contributed by atoms with Gasteiger partial charge in [-0.05, 0) is 31.5 Å². The van der Waals surface area contributed by atoms with E-state index in [1.54, 1.807) is 6.92 Å². The molecular formula is C12H17FN2O4S. The van der Waals surface area contributed by atoms with Crippen LogP contribution in [-0.4, -0.2) is 27.5 Å². The van der Waals surface area contributed by atoms with Crippen molar-refractivity contribution in [2.24, 2.45) is 0 Å². The third kappa shape index (κ3) is 4.78. The van der Waals surface area contributed by atoms with Crippen LogP contribution in [0, 0.1) is 5.82 Å². The smallest absolute Gasteiger partial charge is 0.305 e. The zero-order valence-corrected chi connectivity index (χ0v) is 11.9. The van der Waals surface area contributed by atoms with Gasteiger partial charge in [0.25, 0.3) is 0 Å². The first-order valence-corrected chi connectivity index (χ1v) is 7.55. The number of hydrogen-bond donors (Lipinski definition) is 2. The van der Waals surface area contributed by atoms with Crippen LogP contribution in [0.25, 0.3) is 0 Å². The highest BCUT2D eigenvalue weighted by Gasteiger charge is 2.17. The van der Waals surface area contributed by atoms with Gasteiger partial charge < -0.3 is 10.5 Å². The molecule has 112 valence electrons. The number of nitrogens with one attached hydrogen (secondary N) is 1. The summed E-state index contributed by atoms with van der Waals surface area (Å²) >= 11 is 0. The number of anilines is 1. The molecule has 0 aromatic heterocycles.